The monoisotopic (exact) mass is 243 g/mol. The van der Waals surface area contributed by atoms with Crippen LogP contribution in [0.1, 0.15) is 29.7 Å². The quantitative estimate of drug-likeness (QED) is 0.897. The van der Waals surface area contributed by atoms with Crippen molar-refractivity contribution in [3.05, 3.63) is 59.4 Å². The highest BCUT2D eigenvalue weighted by Gasteiger charge is 2.11. The number of hydrogen-bond donors (Lipinski definition) is 1. The van der Waals surface area contributed by atoms with Crippen LogP contribution < -0.4 is 4.74 Å². The topological polar surface area (TPSA) is 42.4 Å². The molecule has 0 bridgehead atoms. The van der Waals surface area contributed by atoms with Gasteiger partial charge in [0.1, 0.15) is 11.9 Å². The Morgan fingerprint density at radius 2 is 2.06 bits per heavy atom. The molecule has 1 heterocycles. The minimum atomic E-state index is -0.669. The molecule has 0 fully saturated rings. The molecule has 1 aromatic carbocycles. The van der Waals surface area contributed by atoms with E-state index in [1.165, 1.54) is 0 Å². The zero-order chi connectivity index (χ0) is 13.0. The predicted octanol–water partition coefficient (Wildman–Crippen LogP) is 2.87. The van der Waals surface area contributed by atoms with E-state index in [1.807, 2.05) is 44.2 Å². The largest absolute Gasteiger partial charge is 0.494 e. The van der Waals surface area contributed by atoms with Gasteiger partial charge in [-0.1, -0.05) is 18.2 Å². The van der Waals surface area contributed by atoms with Crippen molar-refractivity contribution >= 4 is 0 Å². The van der Waals surface area contributed by atoms with E-state index < -0.39 is 6.10 Å². The van der Waals surface area contributed by atoms with Crippen molar-refractivity contribution in [2.24, 2.45) is 0 Å². The molecule has 0 saturated heterocycles. The fourth-order valence-corrected chi connectivity index (χ4v) is 1.86. The van der Waals surface area contributed by atoms with Crippen LogP contribution >= 0.6 is 0 Å². The number of pyridine rings is 1. The number of nitrogens with zero attached hydrogens (tertiary/aromatic N) is 1. The van der Waals surface area contributed by atoms with Gasteiger partial charge in [0.2, 0.25) is 0 Å². The van der Waals surface area contributed by atoms with Crippen LogP contribution in [0.2, 0.25) is 0 Å². The van der Waals surface area contributed by atoms with Gasteiger partial charge in [-0.25, -0.2) is 0 Å². The molecule has 3 nitrogen and oxygen atoms in total. The van der Waals surface area contributed by atoms with E-state index in [0.717, 1.165) is 22.4 Å². The molecule has 0 aliphatic rings. The molecule has 0 aliphatic heterocycles. The molecule has 0 aliphatic carbocycles. The Labute approximate surface area is 107 Å². The average molecular weight is 243 g/mol. The van der Waals surface area contributed by atoms with Gasteiger partial charge in [0.25, 0.3) is 0 Å². The second-order valence-electron chi connectivity index (χ2n) is 4.20. The molecule has 1 N–H and O–H groups in total. The molecule has 0 spiro atoms. The summed E-state index contributed by atoms with van der Waals surface area (Å²) in [7, 11) is 0. The molecule has 0 saturated carbocycles. The lowest BCUT2D eigenvalue weighted by atomic mass is 10.0. The Morgan fingerprint density at radius 1 is 1.22 bits per heavy atom. The molecule has 1 unspecified atom stereocenters. The third-order valence-electron chi connectivity index (χ3n) is 2.70. The van der Waals surface area contributed by atoms with E-state index in [2.05, 4.69) is 4.98 Å². The third-order valence-corrected chi connectivity index (χ3v) is 2.70. The molecule has 1 atom stereocenters. The van der Waals surface area contributed by atoms with E-state index in [-0.39, 0.29) is 0 Å². The molecule has 0 radical (unpaired) electrons. The number of aliphatic hydroxyl groups is 1. The summed E-state index contributed by atoms with van der Waals surface area (Å²) < 4.78 is 5.43. The van der Waals surface area contributed by atoms with E-state index in [9.17, 15) is 5.11 Å². The molecule has 1 aromatic heterocycles. The van der Waals surface area contributed by atoms with Crippen molar-refractivity contribution in [2.45, 2.75) is 20.0 Å². The lowest BCUT2D eigenvalue weighted by Gasteiger charge is -2.13. The normalized spacial score (nSPS) is 12.2. The van der Waals surface area contributed by atoms with Crippen LogP contribution in [0.15, 0.2) is 42.7 Å². The van der Waals surface area contributed by atoms with Gasteiger partial charge >= 0.3 is 0 Å². The van der Waals surface area contributed by atoms with Crippen LogP contribution in [0, 0.1) is 6.92 Å². The van der Waals surface area contributed by atoms with Gasteiger partial charge in [-0.2, -0.15) is 0 Å². The fourth-order valence-electron chi connectivity index (χ4n) is 1.86. The summed E-state index contributed by atoms with van der Waals surface area (Å²) >= 11 is 0. The van der Waals surface area contributed by atoms with Crippen LogP contribution in [0.25, 0.3) is 0 Å². The lowest BCUT2D eigenvalue weighted by Crippen LogP contribution is -2.01. The summed E-state index contributed by atoms with van der Waals surface area (Å²) in [5.74, 6) is 0.773. The van der Waals surface area contributed by atoms with Crippen molar-refractivity contribution in [1.82, 2.24) is 4.98 Å². The standard InChI is InChI=1S/C15H17NO2/c1-3-18-14-6-4-5-12(8-14)15(17)13-7-11(2)9-16-10-13/h4-10,15,17H,3H2,1-2H3. The van der Waals surface area contributed by atoms with E-state index in [1.54, 1.807) is 12.4 Å². The smallest absolute Gasteiger partial charge is 0.119 e. The van der Waals surface area contributed by atoms with Gasteiger partial charge in [-0.3, -0.25) is 4.98 Å². The first-order chi connectivity index (χ1) is 8.70. The van der Waals surface area contributed by atoms with Crippen LogP contribution in [0.3, 0.4) is 0 Å². The highest BCUT2D eigenvalue weighted by Crippen LogP contribution is 2.25. The first kappa shape index (κ1) is 12.6. The van der Waals surface area contributed by atoms with Gasteiger partial charge < -0.3 is 9.84 Å². The number of aromatic nitrogens is 1. The fraction of sp³-hybridized carbons (Fsp3) is 0.267. The summed E-state index contributed by atoms with van der Waals surface area (Å²) in [6.07, 6.45) is 2.79. The number of rotatable bonds is 4. The summed E-state index contributed by atoms with van der Waals surface area (Å²) in [6.45, 7) is 4.51. The number of aliphatic hydroxyl groups excluding tert-OH is 1. The van der Waals surface area contributed by atoms with Crippen LogP contribution in [0.5, 0.6) is 5.75 Å². The molecule has 2 aromatic rings. The summed E-state index contributed by atoms with van der Waals surface area (Å²) in [5, 5.41) is 10.3. The second kappa shape index (κ2) is 5.65. The van der Waals surface area contributed by atoms with Crippen LogP contribution in [-0.2, 0) is 0 Å². The molecule has 18 heavy (non-hydrogen) atoms. The summed E-state index contributed by atoms with van der Waals surface area (Å²) in [6, 6.07) is 9.44. The zero-order valence-corrected chi connectivity index (χ0v) is 10.6. The lowest BCUT2D eigenvalue weighted by molar-refractivity contribution is 0.219. The van der Waals surface area contributed by atoms with Crippen molar-refractivity contribution in [3.8, 4) is 5.75 Å². The van der Waals surface area contributed by atoms with Crippen molar-refractivity contribution < 1.29 is 9.84 Å². The van der Waals surface area contributed by atoms with E-state index in [0.29, 0.717) is 6.61 Å². The van der Waals surface area contributed by atoms with Gasteiger partial charge in [-0.15, -0.1) is 0 Å². The minimum absolute atomic E-state index is 0.617. The minimum Gasteiger partial charge on any atom is -0.494 e. The predicted molar refractivity (Wildman–Crippen MR) is 70.6 cm³/mol. The van der Waals surface area contributed by atoms with Crippen LogP contribution in [0.4, 0.5) is 0 Å². The van der Waals surface area contributed by atoms with E-state index >= 15 is 0 Å². The Hall–Kier alpha value is -1.87. The Balaban J connectivity index is 2.27. The maximum absolute atomic E-state index is 10.3. The summed E-state index contributed by atoms with van der Waals surface area (Å²) in [5.41, 5.74) is 2.64. The maximum atomic E-state index is 10.3. The van der Waals surface area contributed by atoms with Crippen molar-refractivity contribution in [3.63, 3.8) is 0 Å². The highest BCUT2D eigenvalue weighted by molar-refractivity contribution is 5.35. The zero-order valence-electron chi connectivity index (χ0n) is 10.6. The highest BCUT2D eigenvalue weighted by atomic mass is 16.5. The Kier molecular flexibility index (Phi) is 3.95. The Bertz CT molecular complexity index is 525. The van der Waals surface area contributed by atoms with Gasteiger partial charge in [-0.05, 0) is 37.1 Å². The number of ether oxygens (including phenoxy) is 1. The SMILES string of the molecule is CCOc1cccc(C(O)c2cncc(C)c2)c1. The molecule has 94 valence electrons. The molecule has 0 amide bonds. The van der Waals surface area contributed by atoms with Crippen molar-refractivity contribution in [1.29, 1.82) is 0 Å². The van der Waals surface area contributed by atoms with Gasteiger partial charge in [0.05, 0.1) is 6.61 Å². The first-order valence-electron chi connectivity index (χ1n) is 6.03. The number of aryl methyl sites for hydroxylation is 1. The molecule has 3 heteroatoms. The third kappa shape index (κ3) is 2.87. The summed E-state index contributed by atoms with van der Waals surface area (Å²) in [4.78, 5) is 4.10. The first-order valence-corrected chi connectivity index (χ1v) is 6.03. The van der Waals surface area contributed by atoms with Crippen LogP contribution in [-0.4, -0.2) is 16.7 Å². The van der Waals surface area contributed by atoms with Gasteiger partial charge in [0.15, 0.2) is 0 Å². The van der Waals surface area contributed by atoms with E-state index in [4.69, 9.17) is 4.74 Å². The average Bonchev–Trinajstić information content (AvgIpc) is 2.39. The number of hydrogen-bond acceptors (Lipinski definition) is 3. The Morgan fingerprint density at radius 3 is 2.78 bits per heavy atom. The van der Waals surface area contributed by atoms with Gasteiger partial charge in [0, 0.05) is 18.0 Å². The van der Waals surface area contributed by atoms with Crippen molar-refractivity contribution in [2.75, 3.05) is 6.61 Å². The maximum Gasteiger partial charge on any atom is 0.119 e. The number of benzene rings is 1. The molecular weight excluding hydrogens is 226 g/mol. The molecule has 2 rings (SSSR count). The second-order valence-corrected chi connectivity index (χ2v) is 4.20. The molecular formula is C15H17NO2.